The number of sulfonamides is 1. The number of alkyl halides is 3. The van der Waals surface area contributed by atoms with Crippen LogP contribution in [0.5, 0.6) is 0 Å². The standard InChI is InChI=1S/C33H35F3N2O7S/c34-33(35,36)26-13-17-28(18-14-26)46(42,43)38-27-15-11-25(12-16-27)32(41)37-29(24-9-5-2-6-10-24)22-45-31(40)20-19-30(39)44-21-23-7-3-1-4-8-23/h1-10,13-14,17-18,25,27,29,38H,11-12,15-16,19-22H2,(H,37,41)/t25-,27-,29-/m1/s1. The normalized spacial score (nSPS) is 17.5. The van der Waals surface area contributed by atoms with E-state index in [9.17, 15) is 36.0 Å². The van der Waals surface area contributed by atoms with E-state index in [1.807, 2.05) is 36.4 Å². The summed E-state index contributed by atoms with van der Waals surface area (Å²) < 4.78 is 77.1. The van der Waals surface area contributed by atoms with E-state index in [-0.39, 0.29) is 36.9 Å². The Balaban J connectivity index is 1.25. The van der Waals surface area contributed by atoms with Gasteiger partial charge >= 0.3 is 18.1 Å². The molecule has 3 aromatic rings. The highest BCUT2D eigenvalue weighted by molar-refractivity contribution is 7.89. The number of hydrogen-bond acceptors (Lipinski definition) is 7. The molecule has 1 amide bonds. The Kier molecular flexibility index (Phi) is 11.9. The maximum Gasteiger partial charge on any atom is 0.416 e. The largest absolute Gasteiger partial charge is 0.463 e. The van der Waals surface area contributed by atoms with Gasteiger partial charge in [0.1, 0.15) is 13.2 Å². The molecule has 3 aromatic carbocycles. The monoisotopic (exact) mass is 660 g/mol. The van der Waals surface area contributed by atoms with Crippen molar-refractivity contribution in [3.05, 3.63) is 102 Å². The van der Waals surface area contributed by atoms with Gasteiger partial charge in [-0.1, -0.05) is 60.7 Å². The third-order valence-corrected chi connectivity index (χ3v) is 9.15. The van der Waals surface area contributed by atoms with Gasteiger partial charge in [-0.25, -0.2) is 13.1 Å². The van der Waals surface area contributed by atoms with E-state index in [0.717, 1.165) is 29.8 Å². The van der Waals surface area contributed by atoms with Gasteiger partial charge in [0.05, 0.1) is 29.3 Å². The van der Waals surface area contributed by atoms with Gasteiger partial charge in [0.25, 0.3) is 0 Å². The van der Waals surface area contributed by atoms with Crippen LogP contribution < -0.4 is 10.0 Å². The van der Waals surface area contributed by atoms with Crippen molar-refractivity contribution < 1.29 is 45.4 Å². The molecule has 2 N–H and O–H groups in total. The number of carbonyl (C=O) groups excluding carboxylic acids is 3. The van der Waals surface area contributed by atoms with E-state index in [2.05, 4.69) is 10.0 Å². The summed E-state index contributed by atoms with van der Waals surface area (Å²) in [6, 6.07) is 20.2. The summed E-state index contributed by atoms with van der Waals surface area (Å²) in [5.41, 5.74) is 0.595. The zero-order valence-corrected chi connectivity index (χ0v) is 25.7. The van der Waals surface area contributed by atoms with Crippen LogP contribution in [0.4, 0.5) is 13.2 Å². The van der Waals surface area contributed by atoms with Crippen LogP contribution >= 0.6 is 0 Å². The van der Waals surface area contributed by atoms with Gasteiger partial charge in [-0.05, 0) is 61.1 Å². The number of amides is 1. The van der Waals surface area contributed by atoms with Crippen LogP contribution in [0.2, 0.25) is 0 Å². The molecule has 246 valence electrons. The van der Waals surface area contributed by atoms with Crippen LogP contribution in [-0.2, 0) is 46.7 Å². The summed E-state index contributed by atoms with van der Waals surface area (Å²) in [7, 11) is -4.05. The number of benzene rings is 3. The molecule has 0 bridgehead atoms. The van der Waals surface area contributed by atoms with Gasteiger partial charge in [-0.3, -0.25) is 14.4 Å². The first kappa shape index (κ1) is 34.6. The number of esters is 2. The molecule has 46 heavy (non-hydrogen) atoms. The number of hydrogen-bond donors (Lipinski definition) is 2. The molecule has 0 radical (unpaired) electrons. The minimum absolute atomic E-state index is 0.101. The fourth-order valence-electron chi connectivity index (χ4n) is 5.04. The lowest BCUT2D eigenvalue weighted by molar-refractivity contribution is -0.151. The molecule has 0 heterocycles. The van der Waals surface area contributed by atoms with Crippen molar-refractivity contribution >= 4 is 27.9 Å². The Morgan fingerprint density at radius 3 is 1.93 bits per heavy atom. The predicted molar refractivity (Wildman–Crippen MR) is 161 cm³/mol. The van der Waals surface area contributed by atoms with Crippen LogP contribution in [-0.4, -0.2) is 38.9 Å². The van der Waals surface area contributed by atoms with Crippen LogP contribution in [0.3, 0.4) is 0 Å². The average molecular weight is 661 g/mol. The lowest BCUT2D eigenvalue weighted by Crippen LogP contribution is -2.42. The molecule has 1 aliphatic rings. The predicted octanol–water partition coefficient (Wildman–Crippen LogP) is 5.47. The van der Waals surface area contributed by atoms with Crippen molar-refractivity contribution in [3.8, 4) is 0 Å². The average Bonchev–Trinajstić information content (AvgIpc) is 3.05. The van der Waals surface area contributed by atoms with E-state index >= 15 is 0 Å². The quantitative estimate of drug-likeness (QED) is 0.233. The Labute approximate surface area is 265 Å². The van der Waals surface area contributed by atoms with Gasteiger partial charge in [0.15, 0.2) is 0 Å². The smallest absolute Gasteiger partial charge is 0.416 e. The van der Waals surface area contributed by atoms with Crippen LogP contribution in [0.15, 0.2) is 89.8 Å². The minimum Gasteiger partial charge on any atom is -0.463 e. The lowest BCUT2D eigenvalue weighted by atomic mass is 9.85. The Bertz CT molecular complexity index is 1560. The van der Waals surface area contributed by atoms with Gasteiger partial charge in [-0.15, -0.1) is 0 Å². The second kappa shape index (κ2) is 15.9. The van der Waals surface area contributed by atoms with E-state index in [4.69, 9.17) is 9.47 Å². The number of halogens is 3. The fraction of sp³-hybridized carbons (Fsp3) is 0.364. The first-order chi connectivity index (χ1) is 21.9. The van der Waals surface area contributed by atoms with Crippen LogP contribution in [0.25, 0.3) is 0 Å². The SMILES string of the molecule is O=C(CCC(=O)OC[C@@H](NC(=O)[C@H]1CC[C@H](NS(=O)(=O)c2ccc(C(F)(F)F)cc2)CC1)c1ccccc1)OCc1ccccc1. The van der Waals surface area contributed by atoms with Gasteiger partial charge < -0.3 is 14.8 Å². The molecule has 13 heteroatoms. The Morgan fingerprint density at radius 2 is 1.35 bits per heavy atom. The van der Waals surface area contributed by atoms with E-state index in [0.29, 0.717) is 31.2 Å². The maximum atomic E-state index is 13.2. The highest BCUT2D eigenvalue weighted by Gasteiger charge is 2.33. The molecule has 0 aromatic heterocycles. The van der Waals surface area contributed by atoms with Crippen molar-refractivity contribution in [3.63, 3.8) is 0 Å². The molecule has 0 saturated heterocycles. The van der Waals surface area contributed by atoms with Crippen LogP contribution in [0, 0.1) is 5.92 Å². The van der Waals surface area contributed by atoms with Gasteiger partial charge in [-0.2, -0.15) is 13.2 Å². The maximum absolute atomic E-state index is 13.2. The van der Waals surface area contributed by atoms with Crippen molar-refractivity contribution in [2.24, 2.45) is 5.92 Å². The molecule has 0 unspecified atom stereocenters. The summed E-state index contributed by atoms with van der Waals surface area (Å²) in [6.07, 6.45) is -3.47. The van der Waals surface area contributed by atoms with E-state index in [1.54, 1.807) is 24.3 Å². The molecule has 1 fully saturated rings. The van der Waals surface area contributed by atoms with E-state index < -0.39 is 51.7 Å². The highest BCUT2D eigenvalue weighted by Crippen LogP contribution is 2.30. The molecular formula is C33H35F3N2O7S. The second-order valence-electron chi connectivity index (χ2n) is 11.0. The van der Waals surface area contributed by atoms with E-state index in [1.165, 1.54) is 0 Å². The summed E-state index contributed by atoms with van der Waals surface area (Å²) in [5.74, 6) is -1.86. The first-order valence-electron chi connectivity index (χ1n) is 14.8. The molecule has 9 nitrogen and oxygen atoms in total. The number of ether oxygens (including phenoxy) is 2. The zero-order valence-electron chi connectivity index (χ0n) is 24.9. The van der Waals surface area contributed by atoms with Crippen LogP contribution in [0.1, 0.15) is 61.3 Å². The zero-order chi connectivity index (χ0) is 33.2. The second-order valence-corrected chi connectivity index (χ2v) is 12.7. The summed E-state index contributed by atoms with van der Waals surface area (Å²) in [5, 5.41) is 2.93. The van der Waals surface area contributed by atoms with Gasteiger partial charge in [0.2, 0.25) is 15.9 Å². The molecule has 1 saturated carbocycles. The summed E-state index contributed by atoms with van der Waals surface area (Å²) >= 11 is 0. The molecule has 1 atom stereocenters. The number of carbonyl (C=O) groups is 3. The summed E-state index contributed by atoms with van der Waals surface area (Å²) in [4.78, 5) is 37.4. The lowest BCUT2D eigenvalue weighted by Gasteiger charge is -2.29. The van der Waals surface area contributed by atoms with Crippen molar-refractivity contribution in [2.75, 3.05) is 6.61 Å². The number of rotatable bonds is 13. The summed E-state index contributed by atoms with van der Waals surface area (Å²) in [6.45, 7) is -0.0559. The molecule has 4 rings (SSSR count). The fourth-order valence-corrected chi connectivity index (χ4v) is 6.35. The third-order valence-electron chi connectivity index (χ3n) is 7.62. The highest BCUT2D eigenvalue weighted by atomic mass is 32.2. The first-order valence-corrected chi connectivity index (χ1v) is 16.3. The molecule has 0 aliphatic heterocycles. The van der Waals surface area contributed by atoms with Crippen molar-refractivity contribution in [2.45, 2.75) is 68.3 Å². The number of nitrogens with one attached hydrogen (secondary N) is 2. The Hall–Kier alpha value is -4.23. The minimum atomic E-state index is -4.57. The van der Waals surface area contributed by atoms with Gasteiger partial charge in [0, 0.05) is 12.0 Å². The molecule has 1 aliphatic carbocycles. The van der Waals surface area contributed by atoms with Crippen molar-refractivity contribution in [1.29, 1.82) is 0 Å². The third kappa shape index (κ3) is 10.4. The molecular weight excluding hydrogens is 625 g/mol. The molecule has 0 spiro atoms. The topological polar surface area (TPSA) is 128 Å². The Morgan fingerprint density at radius 1 is 0.783 bits per heavy atom. The van der Waals surface area contributed by atoms with Crippen molar-refractivity contribution in [1.82, 2.24) is 10.0 Å².